The topological polar surface area (TPSA) is 20.3 Å². The third-order valence-corrected chi connectivity index (χ3v) is 1.83. The molecule has 0 N–H and O–H groups in total. The van der Waals surface area contributed by atoms with E-state index in [1.807, 2.05) is 45.0 Å². The summed E-state index contributed by atoms with van der Waals surface area (Å²) in [4.78, 5) is 12.6. The van der Waals surface area contributed by atoms with Crippen molar-refractivity contribution in [2.75, 3.05) is 19.0 Å². The molecular formula is C11H16ClNO. The lowest BCUT2D eigenvalue weighted by molar-refractivity contribution is 0.108. The highest BCUT2D eigenvalue weighted by Crippen LogP contribution is 2.13. The van der Waals surface area contributed by atoms with Crippen LogP contribution in [0.25, 0.3) is 0 Å². The van der Waals surface area contributed by atoms with E-state index in [0.717, 1.165) is 5.69 Å². The fraction of sp³-hybridized carbons (Fsp3) is 0.364. The van der Waals surface area contributed by atoms with Crippen LogP contribution in [0.2, 0.25) is 0 Å². The first kappa shape index (κ1) is 13.0. The van der Waals surface area contributed by atoms with Crippen LogP contribution in [0.3, 0.4) is 0 Å². The molecule has 0 amide bonds. The van der Waals surface area contributed by atoms with Gasteiger partial charge >= 0.3 is 0 Å². The molecule has 3 heteroatoms. The van der Waals surface area contributed by atoms with Gasteiger partial charge < -0.3 is 4.90 Å². The second-order valence-corrected chi connectivity index (χ2v) is 3.06. The molecule has 0 aliphatic rings. The third kappa shape index (κ3) is 3.79. The van der Waals surface area contributed by atoms with Crippen LogP contribution in [-0.4, -0.2) is 19.3 Å². The van der Waals surface area contributed by atoms with Crippen molar-refractivity contribution in [3.63, 3.8) is 0 Å². The number of benzene rings is 1. The molecule has 2 nitrogen and oxygen atoms in total. The van der Waals surface area contributed by atoms with Crippen molar-refractivity contribution in [2.24, 2.45) is 0 Å². The minimum atomic E-state index is -0.416. The second kappa shape index (κ2) is 6.44. The van der Waals surface area contributed by atoms with Crippen LogP contribution in [0.5, 0.6) is 0 Å². The minimum Gasteiger partial charge on any atom is -0.378 e. The van der Waals surface area contributed by atoms with Gasteiger partial charge in [0, 0.05) is 25.3 Å². The maximum atomic E-state index is 10.7. The molecule has 0 saturated heterocycles. The lowest BCUT2D eigenvalue weighted by atomic mass is 10.2. The summed E-state index contributed by atoms with van der Waals surface area (Å²) < 4.78 is 0. The van der Waals surface area contributed by atoms with Gasteiger partial charge in [0.15, 0.2) is 0 Å². The van der Waals surface area contributed by atoms with Crippen LogP contribution in [0, 0.1) is 0 Å². The summed E-state index contributed by atoms with van der Waals surface area (Å²) in [5, 5.41) is -0.416. The molecule has 0 bridgehead atoms. The van der Waals surface area contributed by atoms with Crippen molar-refractivity contribution >= 4 is 22.5 Å². The van der Waals surface area contributed by atoms with Gasteiger partial charge in [-0.15, -0.1) is 0 Å². The predicted molar refractivity (Wildman–Crippen MR) is 62.3 cm³/mol. The Hall–Kier alpha value is -1.02. The van der Waals surface area contributed by atoms with Gasteiger partial charge in [0.05, 0.1) is 0 Å². The zero-order valence-electron chi connectivity index (χ0n) is 9.04. The van der Waals surface area contributed by atoms with E-state index in [-0.39, 0.29) is 0 Å². The average molecular weight is 214 g/mol. The molecule has 14 heavy (non-hydrogen) atoms. The van der Waals surface area contributed by atoms with Crippen LogP contribution in [-0.2, 0) is 0 Å². The van der Waals surface area contributed by atoms with Crippen LogP contribution in [0.15, 0.2) is 24.3 Å². The average Bonchev–Trinajstić information content (AvgIpc) is 2.21. The number of halogens is 1. The highest BCUT2D eigenvalue weighted by Gasteiger charge is 2.00. The van der Waals surface area contributed by atoms with E-state index in [0.29, 0.717) is 5.56 Å². The first-order valence-corrected chi connectivity index (χ1v) is 4.96. The first-order valence-electron chi connectivity index (χ1n) is 4.58. The summed E-state index contributed by atoms with van der Waals surface area (Å²) in [5.41, 5.74) is 1.58. The van der Waals surface area contributed by atoms with Gasteiger partial charge in [-0.1, -0.05) is 13.8 Å². The summed E-state index contributed by atoms with van der Waals surface area (Å²) in [6, 6.07) is 7.14. The summed E-state index contributed by atoms with van der Waals surface area (Å²) in [5.74, 6) is 0. The molecule has 0 radical (unpaired) electrons. The van der Waals surface area contributed by atoms with Crippen molar-refractivity contribution < 1.29 is 4.79 Å². The summed E-state index contributed by atoms with van der Waals surface area (Å²) in [7, 11) is 3.88. The zero-order valence-corrected chi connectivity index (χ0v) is 9.80. The minimum absolute atomic E-state index is 0.416. The Morgan fingerprint density at radius 1 is 1.14 bits per heavy atom. The molecule has 1 aromatic rings. The molecule has 0 atom stereocenters. The standard InChI is InChI=1S/C9H10ClNO.C2H6/c1-11(2)8-5-3-7(4-6-8)9(10)12;1-2/h3-6H,1-2H3;1-2H3. The molecular weight excluding hydrogens is 198 g/mol. The third-order valence-electron chi connectivity index (χ3n) is 1.61. The van der Waals surface area contributed by atoms with Crippen LogP contribution < -0.4 is 4.90 Å². The fourth-order valence-electron chi connectivity index (χ4n) is 0.891. The Bertz CT molecular complexity index is 280. The van der Waals surface area contributed by atoms with E-state index < -0.39 is 5.24 Å². The van der Waals surface area contributed by atoms with Gasteiger partial charge in [-0.2, -0.15) is 0 Å². The van der Waals surface area contributed by atoms with E-state index in [1.54, 1.807) is 12.1 Å². The van der Waals surface area contributed by atoms with E-state index in [4.69, 9.17) is 11.6 Å². The normalized spacial score (nSPS) is 8.64. The Labute approximate surface area is 90.5 Å². The SMILES string of the molecule is CC.CN(C)c1ccc(C(=O)Cl)cc1. The highest BCUT2D eigenvalue weighted by atomic mass is 35.5. The van der Waals surface area contributed by atoms with Crippen LogP contribution >= 0.6 is 11.6 Å². The molecule has 0 aliphatic heterocycles. The molecule has 78 valence electrons. The zero-order chi connectivity index (χ0) is 11.1. The highest BCUT2D eigenvalue weighted by molar-refractivity contribution is 6.67. The number of rotatable bonds is 2. The van der Waals surface area contributed by atoms with Gasteiger partial charge in [-0.3, -0.25) is 4.79 Å². The molecule has 0 aromatic heterocycles. The Morgan fingerprint density at radius 3 is 1.86 bits per heavy atom. The number of nitrogens with zero attached hydrogens (tertiary/aromatic N) is 1. The van der Waals surface area contributed by atoms with Crippen molar-refractivity contribution in [2.45, 2.75) is 13.8 Å². The van der Waals surface area contributed by atoms with Gasteiger partial charge in [0.2, 0.25) is 0 Å². The van der Waals surface area contributed by atoms with E-state index in [2.05, 4.69) is 0 Å². The van der Waals surface area contributed by atoms with E-state index in [9.17, 15) is 4.79 Å². The van der Waals surface area contributed by atoms with E-state index >= 15 is 0 Å². The number of hydrogen-bond acceptors (Lipinski definition) is 2. The summed E-state index contributed by atoms with van der Waals surface area (Å²) >= 11 is 5.28. The van der Waals surface area contributed by atoms with Gasteiger partial charge in [0.1, 0.15) is 0 Å². The monoisotopic (exact) mass is 213 g/mol. The lowest BCUT2D eigenvalue weighted by Gasteiger charge is -2.11. The predicted octanol–water partition coefficient (Wildman–Crippen LogP) is 3.16. The quantitative estimate of drug-likeness (QED) is 0.704. The van der Waals surface area contributed by atoms with Crippen LogP contribution in [0.4, 0.5) is 5.69 Å². The molecule has 0 saturated carbocycles. The maximum Gasteiger partial charge on any atom is 0.252 e. The number of anilines is 1. The van der Waals surface area contributed by atoms with Gasteiger partial charge in [-0.05, 0) is 35.9 Å². The Kier molecular flexibility index (Phi) is 5.97. The number of hydrogen-bond donors (Lipinski definition) is 0. The largest absolute Gasteiger partial charge is 0.378 e. The maximum absolute atomic E-state index is 10.7. The Balaban J connectivity index is 0.000000791. The smallest absolute Gasteiger partial charge is 0.252 e. The number of carbonyl (C=O) groups excluding carboxylic acids is 1. The second-order valence-electron chi connectivity index (χ2n) is 2.72. The molecule has 0 aliphatic carbocycles. The molecule has 0 spiro atoms. The van der Waals surface area contributed by atoms with Crippen molar-refractivity contribution in [1.82, 2.24) is 0 Å². The molecule has 1 rings (SSSR count). The lowest BCUT2D eigenvalue weighted by Crippen LogP contribution is -2.08. The van der Waals surface area contributed by atoms with Crippen molar-refractivity contribution in [3.05, 3.63) is 29.8 Å². The van der Waals surface area contributed by atoms with Crippen molar-refractivity contribution in [3.8, 4) is 0 Å². The first-order chi connectivity index (χ1) is 6.61. The summed E-state index contributed by atoms with van der Waals surface area (Å²) in [6.07, 6.45) is 0. The molecule has 0 fully saturated rings. The molecule has 0 unspecified atom stereocenters. The van der Waals surface area contributed by atoms with E-state index in [1.165, 1.54) is 0 Å². The fourth-order valence-corrected chi connectivity index (χ4v) is 1.02. The molecule has 1 aromatic carbocycles. The van der Waals surface area contributed by atoms with Crippen LogP contribution in [0.1, 0.15) is 24.2 Å². The Morgan fingerprint density at radius 2 is 1.57 bits per heavy atom. The van der Waals surface area contributed by atoms with Gasteiger partial charge in [-0.25, -0.2) is 0 Å². The van der Waals surface area contributed by atoms with Gasteiger partial charge in [0.25, 0.3) is 5.24 Å². The number of carbonyl (C=O) groups is 1. The molecule has 0 heterocycles. The van der Waals surface area contributed by atoms with Crippen molar-refractivity contribution in [1.29, 1.82) is 0 Å². The summed E-state index contributed by atoms with van der Waals surface area (Å²) in [6.45, 7) is 4.00.